The summed E-state index contributed by atoms with van der Waals surface area (Å²) < 4.78 is 0. The van der Waals surface area contributed by atoms with Gasteiger partial charge in [-0.15, -0.1) is 0 Å². The fraction of sp³-hybridized carbons (Fsp3) is 0.455. The molecule has 1 aromatic rings. The minimum atomic E-state index is -0.981. The maximum Gasteiger partial charge on any atom is 0.0930 e. The van der Waals surface area contributed by atoms with Crippen molar-refractivity contribution in [3.8, 4) is 0 Å². The molecule has 0 aromatic heterocycles. The fourth-order valence-electron chi connectivity index (χ4n) is 1.59. The second kappa shape index (κ2) is 5.10. The molecule has 78 valence electrons. The molecule has 14 heavy (non-hydrogen) atoms. The van der Waals surface area contributed by atoms with Gasteiger partial charge < -0.3 is 15.9 Å². The van der Waals surface area contributed by atoms with Gasteiger partial charge in [0.25, 0.3) is 0 Å². The summed E-state index contributed by atoms with van der Waals surface area (Å²) in [4.78, 5) is 0. The van der Waals surface area contributed by atoms with Crippen molar-refractivity contribution < 1.29 is 10.2 Å². The van der Waals surface area contributed by atoms with Gasteiger partial charge in [0.05, 0.1) is 5.60 Å². The summed E-state index contributed by atoms with van der Waals surface area (Å²) in [6.45, 7) is 0.372. The van der Waals surface area contributed by atoms with Gasteiger partial charge in [-0.25, -0.2) is 0 Å². The van der Waals surface area contributed by atoms with Crippen molar-refractivity contribution in [2.24, 2.45) is 5.73 Å². The molecule has 0 bridgehead atoms. The van der Waals surface area contributed by atoms with Gasteiger partial charge in [0, 0.05) is 13.0 Å². The van der Waals surface area contributed by atoms with E-state index in [1.54, 1.807) is 0 Å². The molecule has 0 saturated carbocycles. The summed E-state index contributed by atoms with van der Waals surface area (Å²) in [6.07, 6.45) is 0.797. The third-order valence-corrected chi connectivity index (χ3v) is 2.39. The molecule has 1 rings (SSSR count). The molecular weight excluding hydrogens is 178 g/mol. The summed E-state index contributed by atoms with van der Waals surface area (Å²) in [7, 11) is 0. The van der Waals surface area contributed by atoms with Gasteiger partial charge in [0.1, 0.15) is 0 Å². The summed E-state index contributed by atoms with van der Waals surface area (Å²) in [5, 5.41) is 19.1. The van der Waals surface area contributed by atoms with Crippen molar-refractivity contribution in [2.75, 3.05) is 13.2 Å². The van der Waals surface area contributed by atoms with E-state index < -0.39 is 5.60 Å². The van der Waals surface area contributed by atoms with Crippen LogP contribution in [0.3, 0.4) is 0 Å². The van der Waals surface area contributed by atoms with Gasteiger partial charge >= 0.3 is 0 Å². The van der Waals surface area contributed by atoms with E-state index in [9.17, 15) is 5.11 Å². The van der Waals surface area contributed by atoms with Crippen LogP contribution in [0.1, 0.15) is 18.4 Å². The zero-order valence-electron chi connectivity index (χ0n) is 8.19. The van der Waals surface area contributed by atoms with Crippen molar-refractivity contribution >= 4 is 0 Å². The lowest BCUT2D eigenvalue weighted by Crippen LogP contribution is -2.30. The number of hydrogen-bond donors (Lipinski definition) is 3. The fourth-order valence-corrected chi connectivity index (χ4v) is 1.59. The van der Waals surface area contributed by atoms with Gasteiger partial charge in [0.15, 0.2) is 0 Å². The average Bonchev–Trinajstić information content (AvgIpc) is 2.20. The molecule has 0 amide bonds. The van der Waals surface area contributed by atoms with Crippen LogP contribution < -0.4 is 5.73 Å². The highest BCUT2D eigenvalue weighted by atomic mass is 16.3. The Morgan fingerprint density at radius 1 is 1.14 bits per heavy atom. The average molecular weight is 195 g/mol. The number of rotatable bonds is 5. The SMILES string of the molecule is NCCC(O)(CCO)c1ccccc1. The van der Waals surface area contributed by atoms with Crippen LogP contribution in [0.4, 0.5) is 0 Å². The molecule has 0 aliphatic rings. The van der Waals surface area contributed by atoms with Crippen LogP contribution in [0.5, 0.6) is 0 Å². The third-order valence-electron chi connectivity index (χ3n) is 2.39. The standard InChI is InChI=1S/C11H17NO2/c12-8-6-11(14,7-9-13)10-4-2-1-3-5-10/h1-5,13-14H,6-9,12H2. The van der Waals surface area contributed by atoms with E-state index in [0.29, 0.717) is 19.4 Å². The van der Waals surface area contributed by atoms with Crippen LogP contribution in [0.2, 0.25) is 0 Å². The maximum atomic E-state index is 10.2. The first kappa shape index (κ1) is 11.2. The molecule has 1 unspecified atom stereocenters. The second-order valence-electron chi connectivity index (χ2n) is 3.41. The first-order valence-corrected chi connectivity index (χ1v) is 4.82. The van der Waals surface area contributed by atoms with Crippen molar-refractivity contribution in [3.05, 3.63) is 35.9 Å². The Bertz CT molecular complexity index is 255. The number of hydrogen-bond acceptors (Lipinski definition) is 3. The second-order valence-corrected chi connectivity index (χ2v) is 3.41. The minimum Gasteiger partial charge on any atom is -0.396 e. The lowest BCUT2D eigenvalue weighted by Gasteiger charge is -2.27. The molecule has 0 saturated heterocycles. The van der Waals surface area contributed by atoms with Crippen LogP contribution in [0.15, 0.2) is 30.3 Å². The summed E-state index contributed by atoms with van der Waals surface area (Å²) in [5.41, 5.74) is 5.28. The molecule has 3 nitrogen and oxygen atoms in total. The van der Waals surface area contributed by atoms with E-state index in [0.717, 1.165) is 5.56 Å². The third kappa shape index (κ3) is 2.54. The normalized spacial score (nSPS) is 15.1. The van der Waals surface area contributed by atoms with E-state index in [1.165, 1.54) is 0 Å². The Hall–Kier alpha value is -0.900. The van der Waals surface area contributed by atoms with E-state index in [4.69, 9.17) is 10.8 Å². The smallest absolute Gasteiger partial charge is 0.0930 e. The van der Waals surface area contributed by atoms with Crippen molar-refractivity contribution in [2.45, 2.75) is 18.4 Å². The monoisotopic (exact) mass is 195 g/mol. The Morgan fingerprint density at radius 3 is 2.29 bits per heavy atom. The molecule has 0 radical (unpaired) electrons. The highest BCUT2D eigenvalue weighted by molar-refractivity contribution is 5.22. The zero-order chi connectivity index (χ0) is 10.4. The van der Waals surface area contributed by atoms with Crippen molar-refractivity contribution in [3.63, 3.8) is 0 Å². The zero-order valence-corrected chi connectivity index (χ0v) is 8.19. The van der Waals surface area contributed by atoms with Gasteiger partial charge in [-0.3, -0.25) is 0 Å². The van der Waals surface area contributed by atoms with Crippen LogP contribution >= 0.6 is 0 Å². The molecule has 0 aliphatic heterocycles. The Kier molecular flexibility index (Phi) is 4.07. The number of aliphatic hydroxyl groups is 2. The molecule has 1 aromatic carbocycles. The Morgan fingerprint density at radius 2 is 1.79 bits per heavy atom. The van der Waals surface area contributed by atoms with Gasteiger partial charge in [-0.2, -0.15) is 0 Å². The summed E-state index contributed by atoms with van der Waals surface area (Å²) in [5.74, 6) is 0. The van der Waals surface area contributed by atoms with Crippen LogP contribution in [0.25, 0.3) is 0 Å². The van der Waals surface area contributed by atoms with Gasteiger partial charge in [-0.1, -0.05) is 30.3 Å². The summed E-state index contributed by atoms with van der Waals surface area (Å²) in [6, 6.07) is 9.34. The minimum absolute atomic E-state index is 0.0363. The predicted molar refractivity (Wildman–Crippen MR) is 55.7 cm³/mol. The van der Waals surface area contributed by atoms with Gasteiger partial charge in [-0.05, 0) is 18.5 Å². The van der Waals surface area contributed by atoms with E-state index >= 15 is 0 Å². The van der Waals surface area contributed by atoms with E-state index in [2.05, 4.69) is 0 Å². The topological polar surface area (TPSA) is 66.5 Å². The molecule has 0 fully saturated rings. The summed E-state index contributed by atoms with van der Waals surface area (Å²) >= 11 is 0. The van der Waals surface area contributed by atoms with Gasteiger partial charge in [0.2, 0.25) is 0 Å². The van der Waals surface area contributed by atoms with Crippen molar-refractivity contribution in [1.29, 1.82) is 0 Å². The number of nitrogens with two attached hydrogens (primary N) is 1. The molecule has 0 spiro atoms. The predicted octanol–water partition coefficient (Wildman–Crippen LogP) is 0.605. The molecule has 0 aliphatic carbocycles. The largest absolute Gasteiger partial charge is 0.396 e. The Balaban J connectivity index is 2.87. The highest BCUT2D eigenvalue weighted by Crippen LogP contribution is 2.27. The lowest BCUT2D eigenvalue weighted by atomic mass is 9.87. The first-order valence-electron chi connectivity index (χ1n) is 4.82. The highest BCUT2D eigenvalue weighted by Gasteiger charge is 2.27. The first-order chi connectivity index (χ1) is 6.73. The van der Waals surface area contributed by atoms with Crippen LogP contribution in [0, 0.1) is 0 Å². The molecule has 3 heteroatoms. The molecule has 4 N–H and O–H groups in total. The molecule has 0 heterocycles. The number of aliphatic hydroxyl groups excluding tert-OH is 1. The van der Waals surface area contributed by atoms with E-state index in [1.807, 2.05) is 30.3 Å². The Labute approximate surface area is 84.2 Å². The van der Waals surface area contributed by atoms with Crippen LogP contribution in [-0.2, 0) is 5.60 Å². The van der Waals surface area contributed by atoms with Crippen molar-refractivity contribution in [1.82, 2.24) is 0 Å². The molecular formula is C11H17NO2. The maximum absolute atomic E-state index is 10.2. The van der Waals surface area contributed by atoms with Crippen LogP contribution in [-0.4, -0.2) is 23.4 Å². The quantitative estimate of drug-likeness (QED) is 0.644. The lowest BCUT2D eigenvalue weighted by molar-refractivity contribution is 0.00564. The van der Waals surface area contributed by atoms with E-state index in [-0.39, 0.29) is 6.61 Å². The molecule has 1 atom stereocenters. The number of benzene rings is 1.